The molecule has 0 fully saturated rings. The van der Waals surface area contributed by atoms with Crippen molar-refractivity contribution in [3.8, 4) is 0 Å². The molecule has 0 saturated carbocycles. The molecule has 0 aromatic heterocycles. The number of halogens is 2. The van der Waals surface area contributed by atoms with E-state index in [0.29, 0.717) is 12.1 Å². The second-order valence-corrected chi connectivity index (χ2v) is 4.39. The monoisotopic (exact) mass is 247 g/mol. The fraction of sp³-hybridized carbons (Fsp3) is 0.200. The molecule has 2 rings (SSSR count). The number of anilines is 1. The minimum absolute atomic E-state index is 0.220. The Labute approximate surface area is 105 Å². The molecule has 1 nitrogen and oxygen atoms in total. The minimum Gasteiger partial charge on any atom is -0.381 e. The molecule has 0 amide bonds. The van der Waals surface area contributed by atoms with E-state index in [1.807, 2.05) is 6.92 Å². The lowest BCUT2D eigenvalue weighted by molar-refractivity contribution is 0.618. The van der Waals surface area contributed by atoms with E-state index in [-0.39, 0.29) is 11.6 Å². The Bertz CT molecular complexity index is 564. The number of rotatable bonds is 3. The summed E-state index contributed by atoms with van der Waals surface area (Å²) in [5.41, 5.74) is 3.35. The largest absolute Gasteiger partial charge is 0.381 e. The molecule has 0 spiro atoms. The first kappa shape index (κ1) is 12.6. The second-order valence-electron chi connectivity index (χ2n) is 4.39. The van der Waals surface area contributed by atoms with Crippen molar-refractivity contribution in [3.05, 3.63) is 64.7 Å². The molecule has 94 valence electrons. The van der Waals surface area contributed by atoms with Crippen LogP contribution in [-0.4, -0.2) is 0 Å². The summed E-state index contributed by atoms with van der Waals surface area (Å²) in [7, 11) is 0. The quantitative estimate of drug-likeness (QED) is 0.857. The molecular weight excluding hydrogens is 232 g/mol. The van der Waals surface area contributed by atoms with E-state index in [1.165, 1.54) is 18.2 Å². The molecule has 2 aromatic carbocycles. The van der Waals surface area contributed by atoms with Gasteiger partial charge in [0.2, 0.25) is 0 Å². The predicted molar refractivity (Wildman–Crippen MR) is 69.6 cm³/mol. The maximum absolute atomic E-state index is 13.1. The number of hydrogen-bond donors (Lipinski definition) is 1. The molecule has 0 aliphatic heterocycles. The Hall–Kier alpha value is -1.90. The maximum Gasteiger partial charge on any atom is 0.126 e. The van der Waals surface area contributed by atoms with Crippen LogP contribution in [0.25, 0.3) is 0 Å². The summed E-state index contributed by atoms with van der Waals surface area (Å²) < 4.78 is 26.2. The van der Waals surface area contributed by atoms with Gasteiger partial charge in [0.25, 0.3) is 0 Å². The Balaban J connectivity index is 2.11. The van der Waals surface area contributed by atoms with Crippen molar-refractivity contribution >= 4 is 5.69 Å². The topological polar surface area (TPSA) is 12.0 Å². The normalized spacial score (nSPS) is 10.4. The van der Waals surface area contributed by atoms with Crippen molar-refractivity contribution in [2.75, 3.05) is 5.32 Å². The highest BCUT2D eigenvalue weighted by Gasteiger charge is 2.02. The van der Waals surface area contributed by atoms with Crippen molar-refractivity contribution in [3.63, 3.8) is 0 Å². The molecule has 3 heteroatoms. The molecule has 0 unspecified atom stereocenters. The van der Waals surface area contributed by atoms with Gasteiger partial charge in [0.15, 0.2) is 0 Å². The second kappa shape index (κ2) is 5.17. The van der Waals surface area contributed by atoms with Crippen LogP contribution in [0.4, 0.5) is 14.5 Å². The minimum atomic E-state index is -0.243. The SMILES string of the molecule is Cc1cc(NCc2cc(F)ccc2C)ccc1F. The van der Waals surface area contributed by atoms with Crippen LogP contribution < -0.4 is 5.32 Å². The summed E-state index contributed by atoms with van der Waals surface area (Å²) in [5.74, 6) is -0.463. The Kier molecular flexibility index (Phi) is 3.60. The van der Waals surface area contributed by atoms with Crippen LogP contribution in [0.1, 0.15) is 16.7 Å². The van der Waals surface area contributed by atoms with Crippen LogP contribution in [-0.2, 0) is 6.54 Å². The zero-order valence-electron chi connectivity index (χ0n) is 10.4. The van der Waals surface area contributed by atoms with Gasteiger partial charge in [0.1, 0.15) is 11.6 Å². The van der Waals surface area contributed by atoms with Crippen LogP contribution in [0.2, 0.25) is 0 Å². The van der Waals surface area contributed by atoms with Gasteiger partial charge < -0.3 is 5.32 Å². The van der Waals surface area contributed by atoms with E-state index >= 15 is 0 Å². The zero-order valence-corrected chi connectivity index (χ0v) is 10.4. The number of hydrogen-bond acceptors (Lipinski definition) is 1. The standard InChI is InChI=1S/C15H15F2N/c1-10-3-4-13(16)8-12(10)9-18-14-5-6-15(17)11(2)7-14/h3-8,18H,9H2,1-2H3. The lowest BCUT2D eigenvalue weighted by Gasteiger charge is -2.10. The van der Waals surface area contributed by atoms with E-state index < -0.39 is 0 Å². The number of aryl methyl sites for hydroxylation is 2. The molecule has 0 heterocycles. The van der Waals surface area contributed by atoms with E-state index in [0.717, 1.165) is 16.8 Å². The first-order valence-electron chi connectivity index (χ1n) is 5.81. The van der Waals surface area contributed by atoms with E-state index in [2.05, 4.69) is 5.32 Å². The molecule has 0 atom stereocenters. The summed E-state index contributed by atoms with van der Waals surface area (Å²) in [6.45, 7) is 4.18. The summed E-state index contributed by atoms with van der Waals surface area (Å²) in [4.78, 5) is 0. The van der Waals surface area contributed by atoms with Crippen molar-refractivity contribution in [1.82, 2.24) is 0 Å². The molecule has 0 radical (unpaired) electrons. The third kappa shape index (κ3) is 2.86. The zero-order chi connectivity index (χ0) is 13.1. The van der Waals surface area contributed by atoms with Gasteiger partial charge in [0.05, 0.1) is 0 Å². The van der Waals surface area contributed by atoms with Crippen LogP contribution in [0, 0.1) is 25.5 Å². The average molecular weight is 247 g/mol. The highest BCUT2D eigenvalue weighted by atomic mass is 19.1. The van der Waals surface area contributed by atoms with Crippen molar-refractivity contribution in [1.29, 1.82) is 0 Å². The summed E-state index contributed by atoms with van der Waals surface area (Å²) in [5, 5.41) is 3.16. The molecule has 0 aliphatic carbocycles. The highest BCUT2D eigenvalue weighted by Crippen LogP contribution is 2.16. The van der Waals surface area contributed by atoms with E-state index in [4.69, 9.17) is 0 Å². The number of benzene rings is 2. The van der Waals surface area contributed by atoms with Crippen molar-refractivity contribution in [2.45, 2.75) is 20.4 Å². The van der Waals surface area contributed by atoms with Gasteiger partial charge in [-0.2, -0.15) is 0 Å². The smallest absolute Gasteiger partial charge is 0.126 e. The first-order valence-corrected chi connectivity index (χ1v) is 5.81. The fourth-order valence-corrected chi connectivity index (χ4v) is 1.78. The van der Waals surface area contributed by atoms with Gasteiger partial charge in [-0.15, -0.1) is 0 Å². The average Bonchev–Trinajstić information content (AvgIpc) is 2.34. The third-order valence-corrected chi connectivity index (χ3v) is 2.95. The van der Waals surface area contributed by atoms with Gasteiger partial charge in [0, 0.05) is 12.2 Å². The molecule has 0 saturated heterocycles. The van der Waals surface area contributed by atoms with Crippen molar-refractivity contribution < 1.29 is 8.78 Å². The molecular formula is C15H15F2N. The van der Waals surface area contributed by atoms with Crippen LogP contribution >= 0.6 is 0 Å². The number of nitrogens with one attached hydrogen (secondary N) is 1. The van der Waals surface area contributed by atoms with Gasteiger partial charge in [-0.05, 0) is 60.9 Å². The summed E-state index contributed by atoms with van der Waals surface area (Å²) in [6, 6.07) is 9.55. The fourth-order valence-electron chi connectivity index (χ4n) is 1.78. The summed E-state index contributed by atoms with van der Waals surface area (Å²) >= 11 is 0. The Morgan fingerprint density at radius 2 is 1.72 bits per heavy atom. The molecule has 2 aromatic rings. The van der Waals surface area contributed by atoms with Crippen LogP contribution in [0.5, 0.6) is 0 Å². The first-order chi connectivity index (χ1) is 8.56. The molecule has 18 heavy (non-hydrogen) atoms. The third-order valence-electron chi connectivity index (χ3n) is 2.95. The summed E-state index contributed by atoms with van der Waals surface area (Å²) in [6.07, 6.45) is 0. The molecule has 0 bridgehead atoms. The lowest BCUT2D eigenvalue weighted by atomic mass is 10.1. The van der Waals surface area contributed by atoms with Crippen LogP contribution in [0.3, 0.4) is 0 Å². The van der Waals surface area contributed by atoms with Crippen molar-refractivity contribution in [2.24, 2.45) is 0 Å². The van der Waals surface area contributed by atoms with Gasteiger partial charge in [-0.25, -0.2) is 8.78 Å². The molecule has 0 aliphatic rings. The Morgan fingerprint density at radius 3 is 2.44 bits per heavy atom. The van der Waals surface area contributed by atoms with Gasteiger partial charge in [-0.3, -0.25) is 0 Å². The van der Waals surface area contributed by atoms with Crippen LogP contribution in [0.15, 0.2) is 36.4 Å². The Morgan fingerprint density at radius 1 is 0.944 bits per heavy atom. The highest BCUT2D eigenvalue weighted by molar-refractivity contribution is 5.46. The van der Waals surface area contributed by atoms with Gasteiger partial charge in [-0.1, -0.05) is 6.07 Å². The van der Waals surface area contributed by atoms with E-state index in [9.17, 15) is 8.78 Å². The lowest BCUT2D eigenvalue weighted by Crippen LogP contribution is -2.02. The molecule has 1 N–H and O–H groups in total. The van der Waals surface area contributed by atoms with Gasteiger partial charge >= 0.3 is 0 Å². The maximum atomic E-state index is 13.1. The predicted octanol–water partition coefficient (Wildman–Crippen LogP) is 4.19. The van der Waals surface area contributed by atoms with E-state index in [1.54, 1.807) is 25.1 Å².